The number of benzene rings is 1. The van der Waals surface area contributed by atoms with Gasteiger partial charge in [-0.3, -0.25) is 14.0 Å². The second kappa shape index (κ2) is 6.74. The van der Waals surface area contributed by atoms with Gasteiger partial charge in [-0.15, -0.1) is 5.11 Å². The molecule has 1 aliphatic rings. The zero-order chi connectivity index (χ0) is 21.9. The number of aromatic amines is 1. The number of hydrogen-bond acceptors (Lipinski definition) is 5. The van der Waals surface area contributed by atoms with E-state index in [1.54, 1.807) is 17.9 Å². The van der Waals surface area contributed by atoms with Crippen molar-refractivity contribution in [2.24, 2.45) is 7.05 Å². The molecule has 0 aliphatic heterocycles. The molecule has 2 N–H and O–H groups in total. The van der Waals surface area contributed by atoms with Crippen LogP contribution in [0.4, 0.5) is 0 Å². The van der Waals surface area contributed by atoms with E-state index < -0.39 is 31.9 Å². The summed E-state index contributed by atoms with van der Waals surface area (Å²) in [5.41, 5.74) is -1.51. The monoisotopic (exact) mass is 419 g/mol. The number of sulfonamides is 1. The predicted molar refractivity (Wildman–Crippen MR) is 113 cm³/mol. The van der Waals surface area contributed by atoms with Crippen LogP contribution in [-0.2, 0) is 23.6 Å². The van der Waals surface area contributed by atoms with E-state index in [9.17, 15) is 18.0 Å². The molecule has 6 radical (unpaired) electrons. The van der Waals surface area contributed by atoms with Crippen LogP contribution in [0.1, 0.15) is 18.4 Å². The largest absolute Gasteiger partial charge is 0.329 e. The molecule has 2 aromatic heterocycles. The quantitative estimate of drug-likeness (QED) is 0.490. The summed E-state index contributed by atoms with van der Waals surface area (Å²) >= 11 is 0. The maximum Gasteiger partial charge on any atom is 0.329 e. The third kappa shape index (κ3) is 3.56. The Morgan fingerprint density at radius 1 is 1.27 bits per heavy atom. The molecule has 13 heteroatoms. The lowest BCUT2D eigenvalue weighted by molar-refractivity contribution is 0.542. The van der Waals surface area contributed by atoms with E-state index in [-0.39, 0.29) is 22.3 Å². The van der Waals surface area contributed by atoms with Crippen molar-refractivity contribution in [3.05, 3.63) is 57.0 Å². The average Bonchev–Trinajstić information content (AvgIpc) is 3.31. The highest BCUT2D eigenvalue weighted by molar-refractivity contribution is 7.89. The molecule has 0 spiro atoms. The molecular formula is C17H16B3N5O4S. The Balaban J connectivity index is 1.77. The molecule has 4 rings (SSSR count). The highest BCUT2D eigenvalue weighted by Gasteiger charge is 2.52. The fourth-order valence-corrected chi connectivity index (χ4v) is 4.87. The molecule has 1 saturated carbocycles. The first-order valence-electron chi connectivity index (χ1n) is 9.07. The van der Waals surface area contributed by atoms with Crippen molar-refractivity contribution in [3.8, 4) is 0 Å². The van der Waals surface area contributed by atoms with Crippen LogP contribution in [0, 0.1) is 0 Å². The fraction of sp³-hybridized carbons (Fsp3) is 0.353. The van der Waals surface area contributed by atoms with Crippen LogP contribution < -0.4 is 16.0 Å². The Kier molecular flexibility index (Phi) is 4.66. The van der Waals surface area contributed by atoms with Gasteiger partial charge in [0.2, 0.25) is 10.0 Å². The molecule has 30 heavy (non-hydrogen) atoms. The van der Waals surface area contributed by atoms with Crippen LogP contribution in [0.5, 0.6) is 0 Å². The van der Waals surface area contributed by atoms with E-state index in [4.69, 9.17) is 23.5 Å². The van der Waals surface area contributed by atoms with Crippen molar-refractivity contribution in [1.29, 1.82) is 0 Å². The van der Waals surface area contributed by atoms with Crippen LogP contribution in [0.2, 0.25) is 5.11 Å². The second-order valence-corrected chi connectivity index (χ2v) is 9.35. The van der Waals surface area contributed by atoms with Gasteiger partial charge in [0.1, 0.15) is 0 Å². The lowest BCUT2D eigenvalue weighted by Gasteiger charge is -2.33. The summed E-state index contributed by atoms with van der Waals surface area (Å²) in [5.74, 6) is 0. The normalized spacial score (nSPS) is 16.0. The van der Waals surface area contributed by atoms with E-state index in [0.717, 1.165) is 4.57 Å². The molecule has 0 amide bonds. The molecule has 2 heterocycles. The Morgan fingerprint density at radius 3 is 2.53 bits per heavy atom. The van der Waals surface area contributed by atoms with Crippen LogP contribution in [0.15, 0.2) is 45.1 Å². The van der Waals surface area contributed by atoms with Gasteiger partial charge in [0.25, 0.3) is 5.56 Å². The summed E-state index contributed by atoms with van der Waals surface area (Å²) in [6, 6.07) is 3.85. The summed E-state index contributed by atoms with van der Waals surface area (Å²) < 4.78 is 30.7. The highest BCUT2D eigenvalue weighted by atomic mass is 32.2. The molecule has 9 nitrogen and oxygen atoms in total. The number of nitrogens with zero attached hydrogens (tertiary/aromatic N) is 3. The van der Waals surface area contributed by atoms with Crippen molar-refractivity contribution in [2.75, 3.05) is 0 Å². The molecule has 0 bridgehead atoms. The maximum atomic E-state index is 12.9. The van der Waals surface area contributed by atoms with Crippen molar-refractivity contribution < 1.29 is 8.42 Å². The zero-order valence-electron chi connectivity index (χ0n) is 16.1. The minimum atomic E-state index is -4.07. The number of hydrogen-bond donors (Lipinski definition) is 2. The topological polar surface area (TPSA) is 119 Å². The van der Waals surface area contributed by atoms with Gasteiger partial charge >= 0.3 is 5.69 Å². The molecule has 1 aliphatic carbocycles. The van der Waals surface area contributed by atoms with Crippen molar-refractivity contribution in [3.63, 3.8) is 0 Å². The van der Waals surface area contributed by atoms with Crippen LogP contribution in [0.3, 0.4) is 0 Å². The molecule has 1 fully saturated rings. The van der Waals surface area contributed by atoms with Gasteiger partial charge in [0.15, 0.2) is 0 Å². The zero-order valence-corrected chi connectivity index (χ0v) is 16.9. The SMILES string of the molecule is [B]C([B])([B])C1(NS(=O)(=O)c2ccc3[nH]c(=O)n(Cc4cnn(C)c4)c(=O)c3c2)CC1. The van der Waals surface area contributed by atoms with Gasteiger partial charge in [0.05, 0.1) is 52.1 Å². The highest BCUT2D eigenvalue weighted by Crippen LogP contribution is 2.50. The summed E-state index contributed by atoms with van der Waals surface area (Å²) in [7, 11) is 14.8. The Labute approximate surface area is 176 Å². The lowest BCUT2D eigenvalue weighted by atomic mass is 9.38. The maximum absolute atomic E-state index is 12.9. The molecule has 148 valence electrons. The minimum absolute atomic E-state index is 0.00761. The van der Waals surface area contributed by atoms with Crippen molar-refractivity contribution in [1.82, 2.24) is 24.1 Å². The number of aromatic nitrogens is 4. The first-order chi connectivity index (χ1) is 13.9. The number of nitrogens with one attached hydrogen (secondary N) is 2. The van der Waals surface area contributed by atoms with E-state index in [1.807, 2.05) is 0 Å². The van der Waals surface area contributed by atoms with E-state index in [1.165, 1.54) is 24.4 Å². The van der Waals surface area contributed by atoms with E-state index >= 15 is 0 Å². The van der Waals surface area contributed by atoms with Gasteiger partial charge in [-0.1, -0.05) is 0 Å². The molecule has 3 aromatic rings. The summed E-state index contributed by atoms with van der Waals surface area (Å²) in [5, 5.41) is 2.33. The molecule has 1 aromatic carbocycles. The standard InChI is InChI=1S/C17H16B3N5O4S/c1-24-8-10(7-21-24)9-25-14(26)12-6-11(2-3-13(12)22-15(25)27)30(28,29)23-16(4-5-16)17(18,19)20/h2-3,6-8,23H,4-5,9H2,1H3,(H,22,27). The van der Waals surface area contributed by atoms with Crippen molar-refractivity contribution in [2.45, 2.75) is 34.9 Å². The van der Waals surface area contributed by atoms with Crippen molar-refractivity contribution >= 4 is 44.5 Å². The number of fused-ring (bicyclic) bond motifs is 1. The third-order valence-corrected chi connectivity index (χ3v) is 6.81. The number of H-pyrrole nitrogens is 1. The summed E-state index contributed by atoms with van der Waals surface area (Å²) in [4.78, 5) is 27.7. The molecule has 0 atom stereocenters. The second-order valence-electron chi connectivity index (χ2n) is 7.67. The predicted octanol–water partition coefficient (Wildman–Crippen LogP) is -1.14. The molecular weight excluding hydrogens is 403 g/mol. The first kappa shape index (κ1) is 20.7. The Hall–Kier alpha value is -2.53. The van der Waals surface area contributed by atoms with Gasteiger partial charge < -0.3 is 4.98 Å². The fourth-order valence-electron chi connectivity index (χ4n) is 3.34. The van der Waals surface area contributed by atoms with Gasteiger partial charge in [-0.2, -0.15) is 5.10 Å². The summed E-state index contributed by atoms with van der Waals surface area (Å²) in [6.07, 6.45) is 4.01. The van der Waals surface area contributed by atoms with Gasteiger partial charge in [0, 0.05) is 24.3 Å². The van der Waals surface area contributed by atoms with Crippen LogP contribution in [-0.4, -0.2) is 56.8 Å². The number of aryl methyl sites for hydroxylation is 1. The average molecular weight is 419 g/mol. The lowest BCUT2D eigenvalue weighted by Crippen LogP contribution is -2.47. The Morgan fingerprint density at radius 2 is 1.97 bits per heavy atom. The van der Waals surface area contributed by atoms with E-state index in [0.29, 0.717) is 18.4 Å². The smallest absolute Gasteiger partial charge is 0.307 e. The summed E-state index contributed by atoms with van der Waals surface area (Å²) in [6.45, 7) is -0.00761. The van der Waals surface area contributed by atoms with Gasteiger partial charge in [-0.25, -0.2) is 17.9 Å². The van der Waals surface area contributed by atoms with Gasteiger partial charge in [-0.05, 0) is 31.0 Å². The Bertz CT molecular complexity index is 1370. The van der Waals surface area contributed by atoms with Crippen LogP contribution in [0.25, 0.3) is 10.9 Å². The van der Waals surface area contributed by atoms with E-state index in [2.05, 4.69) is 14.8 Å². The van der Waals surface area contributed by atoms with Crippen LogP contribution >= 0.6 is 0 Å². The molecule has 0 saturated heterocycles. The molecule has 0 unspecified atom stereocenters. The minimum Gasteiger partial charge on any atom is -0.307 e. The third-order valence-electron chi connectivity index (χ3n) is 5.27. The first-order valence-corrected chi connectivity index (χ1v) is 10.6. The number of rotatable bonds is 6.